The molecule has 0 aliphatic carbocycles. The van der Waals surface area contributed by atoms with E-state index in [4.69, 9.17) is 10.1 Å². The second-order valence-corrected chi connectivity index (χ2v) is 4.01. The Balaban J connectivity index is 1.92. The average molecular weight is 232 g/mol. The third-order valence-electron chi connectivity index (χ3n) is 2.82. The second-order valence-electron chi connectivity index (χ2n) is 4.01. The van der Waals surface area contributed by atoms with Gasteiger partial charge in [0.1, 0.15) is 5.84 Å². The highest BCUT2D eigenvalue weighted by Gasteiger charge is 2.17. The molecule has 1 N–H and O–H groups in total. The number of Topliss-reactive ketones (excluding diaryl/α,β-unsaturated/α-hetero) is 1. The minimum absolute atomic E-state index is 0.00194. The maximum absolute atomic E-state index is 11.9. The predicted octanol–water partition coefficient (Wildman–Crippen LogP) is 1.57. The normalized spacial score (nSPS) is 15.6. The summed E-state index contributed by atoms with van der Waals surface area (Å²) in [6, 6.07) is 9.13. The Morgan fingerprint density at radius 3 is 2.53 bits per heavy atom. The topological polar surface area (TPSA) is 53.4 Å². The van der Waals surface area contributed by atoms with Crippen molar-refractivity contribution in [2.45, 2.75) is 6.42 Å². The molecule has 1 fully saturated rings. The summed E-state index contributed by atoms with van der Waals surface area (Å²) >= 11 is 0. The highest BCUT2D eigenvalue weighted by Crippen LogP contribution is 2.07. The van der Waals surface area contributed by atoms with Crippen molar-refractivity contribution in [3.63, 3.8) is 0 Å². The number of carbonyl (C=O) groups excluding carboxylic acids is 1. The van der Waals surface area contributed by atoms with Gasteiger partial charge >= 0.3 is 0 Å². The third kappa shape index (κ3) is 3.14. The second kappa shape index (κ2) is 5.59. The van der Waals surface area contributed by atoms with Crippen LogP contribution in [0.5, 0.6) is 0 Å². The molecule has 0 bridgehead atoms. The summed E-state index contributed by atoms with van der Waals surface area (Å²) in [7, 11) is 0. The molecule has 0 saturated carbocycles. The van der Waals surface area contributed by atoms with Crippen molar-refractivity contribution < 1.29 is 9.53 Å². The fraction of sp³-hybridized carbons (Fsp3) is 0.385. The van der Waals surface area contributed by atoms with Crippen molar-refractivity contribution in [3.8, 4) is 0 Å². The summed E-state index contributed by atoms with van der Waals surface area (Å²) < 4.78 is 5.22. The van der Waals surface area contributed by atoms with E-state index in [0.29, 0.717) is 37.7 Å². The van der Waals surface area contributed by atoms with Gasteiger partial charge < -0.3 is 9.64 Å². The molecule has 1 heterocycles. The number of nitrogens with one attached hydrogen (secondary N) is 1. The van der Waals surface area contributed by atoms with Crippen LogP contribution >= 0.6 is 0 Å². The molecule has 17 heavy (non-hydrogen) atoms. The molecule has 0 aromatic heterocycles. The van der Waals surface area contributed by atoms with Gasteiger partial charge in [0.2, 0.25) is 0 Å². The summed E-state index contributed by atoms with van der Waals surface area (Å²) in [4.78, 5) is 13.8. The van der Waals surface area contributed by atoms with Crippen molar-refractivity contribution in [1.82, 2.24) is 4.90 Å². The van der Waals surface area contributed by atoms with Crippen LogP contribution in [-0.2, 0) is 4.74 Å². The van der Waals surface area contributed by atoms with Gasteiger partial charge in [-0.05, 0) is 0 Å². The van der Waals surface area contributed by atoms with Gasteiger partial charge in [-0.2, -0.15) is 0 Å². The molecular formula is C13H16N2O2. The van der Waals surface area contributed by atoms with Gasteiger partial charge in [0.05, 0.1) is 19.6 Å². The number of ketones is 1. The van der Waals surface area contributed by atoms with E-state index in [0.717, 1.165) is 0 Å². The Hall–Kier alpha value is -1.68. The maximum Gasteiger partial charge on any atom is 0.170 e. The lowest BCUT2D eigenvalue weighted by Crippen LogP contribution is -2.41. The zero-order chi connectivity index (χ0) is 12.1. The van der Waals surface area contributed by atoms with Gasteiger partial charge in [-0.1, -0.05) is 30.3 Å². The maximum atomic E-state index is 11.9. The molecule has 1 aliphatic rings. The van der Waals surface area contributed by atoms with E-state index >= 15 is 0 Å². The fourth-order valence-corrected chi connectivity index (χ4v) is 1.82. The molecule has 0 amide bonds. The number of nitrogens with zero attached hydrogens (tertiary/aromatic N) is 1. The SMILES string of the molecule is N=C(CC(=O)c1ccccc1)N1CCOCC1. The predicted molar refractivity (Wildman–Crippen MR) is 65.5 cm³/mol. The summed E-state index contributed by atoms with van der Waals surface area (Å²) in [5, 5.41) is 7.91. The monoisotopic (exact) mass is 232 g/mol. The number of amidine groups is 1. The van der Waals surface area contributed by atoms with Crippen molar-refractivity contribution in [2.24, 2.45) is 0 Å². The Morgan fingerprint density at radius 1 is 1.24 bits per heavy atom. The third-order valence-corrected chi connectivity index (χ3v) is 2.82. The van der Waals surface area contributed by atoms with Crippen LogP contribution in [0, 0.1) is 5.41 Å². The van der Waals surface area contributed by atoms with Gasteiger partial charge in [0, 0.05) is 18.7 Å². The van der Waals surface area contributed by atoms with E-state index in [1.165, 1.54) is 0 Å². The molecule has 0 spiro atoms. The first-order valence-electron chi connectivity index (χ1n) is 5.76. The number of rotatable bonds is 3. The minimum Gasteiger partial charge on any atom is -0.378 e. The van der Waals surface area contributed by atoms with E-state index in [9.17, 15) is 4.79 Å². The number of ether oxygens (including phenoxy) is 1. The number of hydrogen-bond acceptors (Lipinski definition) is 3. The Kier molecular flexibility index (Phi) is 3.88. The molecule has 4 nitrogen and oxygen atoms in total. The molecule has 1 aliphatic heterocycles. The molecule has 0 radical (unpaired) electrons. The van der Waals surface area contributed by atoms with Crippen LogP contribution in [0.15, 0.2) is 30.3 Å². The highest BCUT2D eigenvalue weighted by molar-refractivity contribution is 6.08. The number of carbonyl (C=O) groups is 1. The molecule has 0 unspecified atom stereocenters. The van der Waals surface area contributed by atoms with Gasteiger partial charge in [-0.25, -0.2) is 0 Å². The minimum atomic E-state index is 0.00194. The van der Waals surface area contributed by atoms with Crippen molar-refractivity contribution in [2.75, 3.05) is 26.3 Å². The summed E-state index contributed by atoms with van der Waals surface area (Å²) in [5.74, 6) is 0.393. The van der Waals surface area contributed by atoms with Crippen molar-refractivity contribution >= 4 is 11.6 Å². The van der Waals surface area contributed by atoms with Crippen LogP contribution in [-0.4, -0.2) is 42.8 Å². The standard InChI is InChI=1S/C13H16N2O2/c14-13(15-6-8-17-9-7-15)10-12(16)11-4-2-1-3-5-11/h1-5,14H,6-10H2. The van der Waals surface area contributed by atoms with E-state index in [2.05, 4.69) is 0 Å². The zero-order valence-corrected chi connectivity index (χ0v) is 9.69. The molecule has 1 aromatic carbocycles. The number of benzene rings is 1. The van der Waals surface area contributed by atoms with E-state index < -0.39 is 0 Å². The van der Waals surface area contributed by atoms with Crippen LogP contribution in [0.3, 0.4) is 0 Å². The lowest BCUT2D eigenvalue weighted by molar-refractivity contribution is 0.0663. The molecule has 4 heteroatoms. The quantitative estimate of drug-likeness (QED) is 0.489. The lowest BCUT2D eigenvalue weighted by atomic mass is 10.1. The summed E-state index contributed by atoms with van der Waals surface area (Å²) in [6.45, 7) is 2.70. The highest BCUT2D eigenvalue weighted by atomic mass is 16.5. The average Bonchev–Trinajstić information content (AvgIpc) is 2.40. The Morgan fingerprint density at radius 2 is 1.88 bits per heavy atom. The van der Waals surface area contributed by atoms with Gasteiger partial charge in [0.25, 0.3) is 0 Å². The molecule has 2 rings (SSSR count). The molecule has 1 aromatic rings. The zero-order valence-electron chi connectivity index (χ0n) is 9.69. The van der Waals surface area contributed by atoms with Crippen LogP contribution in [0.25, 0.3) is 0 Å². The Bertz CT molecular complexity index is 397. The molecule has 0 atom stereocenters. The van der Waals surface area contributed by atoms with E-state index in [-0.39, 0.29) is 12.2 Å². The first-order valence-corrected chi connectivity index (χ1v) is 5.76. The van der Waals surface area contributed by atoms with E-state index in [1.807, 2.05) is 23.1 Å². The van der Waals surface area contributed by atoms with E-state index in [1.54, 1.807) is 12.1 Å². The molecule has 1 saturated heterocycles. The van der Waals surface area contributed by atoms with Crippen molar-refractivity contribution in [3.05, 3.63) is 35.9 Å². The van der Waals surface area contributed by atoms with Crippen LogP contribution in [0.2, 0.25) is 0 Å². The van der Waals surface area contributed by atoms with Crippen LogP contribution < -0.4 is 0 Å². The summed E-state index contributed by atoms with van der Waals surface area (Å²) in [5.41, 5.74) is 0.672. The first kappa shape index (κ1) is 11.8. The van der Waals surface area contributed by atoms with Gasteiger partial charge in [-0.3, -0.25) is 10.2 Å². The van der Waals surface area contributed by atoms with Crippen LogP contribution in [0.1, 0.15) is 16.8 Å². The molecular weight excluding hydrogens is 216 g/mol. The first-order chi connectivity index (χ1) is 8.27. The number of morpholine rings is 1. The largest absolute Gasteiger partial charge is 0.378 e. The fourth-order valence-electron chi connectivity index (χ4n) is 1.82. The van der Waals surface area contributed by atoms with Gasteiger partial charge in [0.15, 0.2) is 5.78 Å². The lowest BCUT2D eigenvalue weighted by Gasteiger charge is -2.28. The smallest absolute Gasteiger partial charge is 0.170 e. The molecule has 90 valence electrons. The van der Waals surface area contributed by atoms with Crippen LogP contribution in [0.4, 0.5) is 0 Å². The van der Waals surface area contributed by atoms with Gasteiger partial charge in [-0.15, -0.1) is 0 Å². The van der Waals surface area contributed by atoms with Crippen molar-refractivity contribution in [1.29, 1.82) is 5.41 Å². The summed E-state index contributed by atoms with van der Waals surface area (Å²) in [6.07, 6.45) is 0.171. The Labute approximate surface area is 101 Å². The number of hydrogen-bond donors (Lipinski definition) is 1.